The standard InChI is InChI=1S/C27H40N4O5/c1-5-21-8-6-7-9-23(30-25(33)17-13-20-11-14-22(36-4)15-12-20)27(35)31(21)19(3)26(34)29-18(2)10-16-24(28)32/h11-15,17-19,21,23H,5-10,16H2,1-4H3,(H2,28,32)(H,29,34)(H,30,33). The number of amides is 4. The van der Waals surface area contributed by atoms with Crippen LogP contribution in [0.4, 0.5) is 0 Å². The van der Waals surface area contributed by atoms with Gasteiger partial charge in [-0.25, -0.2) is 0 Å². The minimum absolute atomic E-state index is 0.103. The van der Waals surface area contributed by atoms with Crippen molar-refractivity contribution in [3.63, 3.8) is 0 Å². The zero-order chi connectivity index (χ0) is 26.7. The number of methoxy groups -OCH3 is 1. The van der Waals surface area contributed by atoms with Gasteiger partial charge >= 0.3 is 0 Å². The summed E-state index contributed by atoms with van der Waals surface area (Å²) < 4.78 is 5.14. The molecule has 0 spiro atoms. The molecule has 2 rings (SSSR count). The molecule has 1 aliphatic heterocycles. The molecule has 0 radical (unpaired) electrons. The van der Waals surface area contributed by atoms with Crippen LogP contribution in [0.2, 0.25) is 0 Å². The maximum Gasteiger partial charge on any atom is 0.246 e. The molecule has 4 amide bonds. The lowest BCUT2D eigenvalue weighted by molar-refractivity contribution is -0.146. The molecule has 1 heterocycles. The Morgan fingerprint density at radius 3 is 2.44 bits per heavy atom. The van der Waals surface area contributed by atoms with Gasteiger partial charge in [0.05, 0.1) is 7.11 Å². The van der Waals surface area contributed by atoms with E-state index in [1.807, 2.05) is 19.1 Å². The zero-order valence-corrected chi connectivity index (χ0v) is 21.8. The minimum atomic E-state index is -0.717. The average Bonchev–Trinajstić information content (AvgIpc) is 2.85. The number of ether oxygens (including phenoxy) is 1. The second kappa shape index (κ2) is 14.3. The molecule has 0 bridgehead atoms. The fourth-order valence-electron chi connectivity index (χ4n) is 4.42. The molecule has 4 unspecified atom stereocenters. The molecule has 9 heteroatoms. The topological polar surface area (TPSA) is 131 Å². The fraction of sp³-hybridized carbons (Fsp3) is 0.556. The Morgan fingerprint density at radius 1 is 1.17 bits per heavy atom. The minimum Gasteiger partial charge on any atom is -0.497 e. The third-order valence-corrected chi connectivity index (χ3v) is 6.57. The van der Waals surface area contributed by atoms with Gasteiger partial charge in [0, 0.05) is 24.6 Å². The molecule has 1 saturated heterocycles. The number of carbonyl (C=O) groups excluding carboxylic acids is 4. The molecule has 1 aromatic carbocycles. The number of hydrogen-bond acceptors (Lipinski definition) is 5. The number of nitrogens with two attached hydrogens (primary N) is 1. The SMILES string of the molecule is CCC1CCCCC(NC(=O)C=Cc2ccc(OC)cc2)C(=O)N1C(C)C(=O)NC(C)CCC(N)=O. The maximum absolute atomic E-state index is 13.6. The first kappa shape index (κ1) is 28.9. The molecule has 0 aliphatic carbocycles. The lowest BCUT2D eigenvalue weighted by Gasteiger charge is -2.39. The molecule has 198 valence electrons. The first-order chi connectivity index (χ1) is 17.2. The first-order valence-corrected chi connectivity index (χ1v) is 12.7. The summed E-state index contributed by atoms with van der Waals surface area (Å²) in [5, 5.41) is 5.73. The van der Waals surface area contributed by atoms with Gasteiger partial charge in [0.25, 0.3) is 0 Å². The lowest BCUT2D eigenvalue weighted by atomic mass is 9.95. The molecule has 9 nitrogen and oxygen atoms in total. The van der Waals surface area contributed by atoms with Crippen molar-refractivity contribution in [3.05, 3.63) is 35.9 Å². The van der Waals surface area contributed by atoms with Gasteiger partial charge in [-0.15, -0.1) is 0 Å². The van der Waals surface area contributed by atoms with Gasteiger partial charge in [-0.1, -0.05) is 31.9 Å². The van der Waals surface area contributed by atoms with E-state index in [2.05, 4.69) is 10.6 Å². The fourth-order valence-corrected chi connectivity index (χ4v) is 4.42. The Kier molecular flexibility index (Phi) is 11.4. The van der Waals surface area contributed by atoms with Crippen LogP contribution in [0.5, 0.6) is 5.75 Å². The Hall–Kier alpha value is -3.36. The molecule has 0 saturated carbocycles. The van der Waals surface area contributed by atoms with Gasteiger partial charge in [0.15, 0.2) is 0 Å². The van der Waals surface area contributed by atoms with E-state index in [0.29, 0.717) is 19.3 Å². The number of likely N-dealkylation sites (tertiary alicyclic amines) is 1. The van der Waals surface area contributed by atoms with Crippen LogP contribution in [0.3, 0.4) is 0 Å². The van der Waals surface area contributed by atoms with Crippen LogP contribution in [0.25, 0.3) is 6.08 Å². The van der Waals surface area contributed by atoms with Crippen molar-refractivity contribution in [1.29, 1.82) is 0 Å². The second-order valence-electron chi connectivity index (χ2n) is 9.35. The quantitative estimate of drug-likeness (QED) is 0.402. The summed E-state index contributed by atoms with van der Waals surface area (Å²) in [6.07, 6.45) is 7.43. The van der Waals surface area contributed by atoms with E-state index in [1.54, 1.807) is 44.1 Å². The van der Waals surface area contributed by atoms with Crippen molar-refractivity contribution in [3.8, 4) is 5.75 Å². The lowest BCUT2D eigenvalue weighted by Crippen LogP contribution is -2.59. The number of hydrogen-bond donors (Lipinski definition) is 3. The Labute approximate surface area is 213 Å². The molecular formula is C27H40N4O5. The smallest absolute Gasteiger partial charge is 0.246 e. The third kappa shape index (κ3) is 8.70. The van der Waals surface area contributed by atoms with E-state index in [0.717, 1.165) is 30.6 Å². The summed E-state index contributed by atoms with van der Waals surface area (Å²) in [5.74, 6) is -0.601. The van der Waals surface area contributed by atoms with E-state index in [9.17, 15) is 19.2 Å². The van der Waals surface area contributed by atoms with Gasteiger partial charge in [-0.05, 0) is 63.3 Å². The van der Waals surface area contributed by atoms with Crippen LogP contribution in [-0.4, -0.2) is 59.8 Å². The Bertz CT molecular complexity index is 931. The van der Waals surface area contributed by atoms with Crippen molar-refractivity contribution in [2.45, 2.75) is 89.9 Å². The van der Waals surface area contributed by atoms with Crippen LogP contribution in [0, 0.1) is 0 Å². The summed E-state index contributed by atoms with van der Waals surface area (Å²) in [4.78, 5) is 52.0. The van der Waals surface area contributed by atoms with Crippen molar-refractivity contribution >= 4 is 29.7 Å². The highest BCUT2D eigenvalue weighted by molar-refractivity contribution is 5.97. The van der Waals surface area contributed by atoms with Crippen molar-refractivity contribution in [2.24, 2.45) is 5.73 Å². The van der Waals surface area contributed by atoms with Crippen LogP contribution < -0.4 is 21.1 Å². The van der Waals surface area contributed by atoms with Gasteiger partial charge in [-0.3, -0.25) is 19.2 Å². The molecule has 4 atom stereocenters. The van der Waals surface area contributed by atoms with E-state index in [1.165, 1.54) is 6.08 Å². The second-order valence-corrected chi connectivity index (χ2v) is 9.35. The normalized spacial score (nSPS) is 20.2. The number of benzene rings is 1. The Morgan fingerprint density at radius 2 is 1.83 bits per heavy atom. The highest BCUT2D eigenvalue weighted by Gasteiger charge is 2.37. The molecule has 1 aliphatic rings. The van der Waals surface area contributed by atoms with E-state index >= 15 is 0 Å². The zero-order valence-electron chi connectivity index (χ0n) is 21.8. The van der Waals surface area contributed by atoms with Gasteiger partial charge < -0.3 is 26.0 Å². The van der Waals surface area contributed by atoms with Crippen molar-refractivity contribution < 1.29 is 23.9 Å². The summed E-state index contributed by atoms with van der Waals surface area (Å²) in [6.45, 7) is 5.51. The summed E-state index contributed by atoms with van der Waals surface area (Å²) in [6, 6.07) is 5.49. The maximum atomic E-state index is 13.6. The molecular weight excluding hydrogens is 460 g/mol. The number of nitrogens with one attached hydrogen (secondary N) is 2. The predicted molar refractivity (Wildman–Crippen MR) is 139 cm³/mol. The third-order valence-electron chi connectivity index (χ3n) is 6.57. The summed E-state index contributed by atoms with van der Waals surface area (Å²) in [5.41, 5.74) is 6.04. The largest absolute Gasteiger partial charge is 0.497 e. The number of carbonyl (C=O) groups is 4. The van der Waals surface area contributed by atoms with Crippen LogP contribution in [0.1, 0.15) is 71.3 Å². The van der Waals surface area contributed by atoms with Gasteiger partial charge in [-0.2, -0.15) is 0 Å². The molecule has 1 fully saturated rings. The monoisotopic (exact) mass is 500 g/mol. The summed E-state index contributed by atoms with van der Waals surface area (Å²) in [7, 11) is 1.59. The molecule has 0 aromatic heterocycles. The molecule has 4 N–H and O–H groups in total. The summed E-state index contributed by atoms with van der Waals surface area (Å²) >= 11 is 0. The number of nitrogens with zero attached hydrogens (tertiary/aromatic N) is 1. The van der Waals surface area contributed by atoms with Crippen molar-refractivity contribution in [1.82, 2.24) is 15.5 Å². The van der Waals surface area contributed by atoms with Crippen molar-refractivity contribution in [2.75, 3.05) is 7.11 Å². The predicted octanol–water partition coefficient (Wildman–Crippen LogP) is 2.53. The molecule has 36 heavy (non-hydrogen) atoms. The highest BCUT2D eigenvalue weighted by atomic mass is 16.5. The van der Waals surface area contributed by atoms with Gasteiger partial charge in [0.2, 0.25) is 23.6 Å². The average molecular weight is 501 g/mol. The molecule has 1 aromatic rings. The van der Waals surface area contributed by atoms with Gasteiger partial charge in [0.1, 0.15) is 17.8 Å². The number of primary amides is 1. The first-order valence-electron chi connectivity index (χ1n) is 12.7. The van der Waals surface area contributed by atoms with Crippen LogP contribution >= 0.6 is 0 Å². The van der Waals surface area contributed by atoms with E-state index in [-0.39, 0.29) is 36.2 Å². The van der Waals surface area contributed by atoms with E-state index in [4.69, 9.17) is 10.5 Å². The van der Waals surface area contributed by atoms with E-state index < -0.39 is 18.0 Å². The number of rotatable bonds is 11. The van der Waals surface area contributed by atoms with Crippen LogP contribution in [-0.2, 0) is 19.2 Å². The van der Waals surface area contributed by atoms with Crippen LogP contribution in [0.15, 0.2) is 30.3 Å². The Balaban J connectivity index is 2.11. The highest BCUT2D eigenvalue weighted by Crippen LogP contribution is 2.23.